The van der Waals surface area contributed by atoms with Gasteiger partial charge in [-0.15, -0.1) is 10.2 Å². The summed E-state index contributed by atoms with van der Waals surface area (Å²) in [6.45, 7) is 3.61. The minimum Gasteiger partial charge on any atom is -0.330 e. The zero-order valence-electron chi connectivity index (χ0n) is 15.7. The molecule has 1 heterocycles. The largest absolute Gasteiger partial charge is 0.416 e. The molecule has 5 nitrogen and oxygen atoms in total. The standard InChI is InChI=1S/C19H16ClF3N4OS2/c1-10-3-6-13(7-4-10)24-17-26-27-18(30-17)29-11(2)16(28)25-15-9-12(19(21,22)23)5-8-14(15)20/h3-9,11H,1-2H3,(H,24,26)(H,25,28). The number of carbonyl (C=O) groups excluding carboxylic acids is 1. The number of alkyl halides is 3. The van der Waals surface area contributed by atoms with Crippen molar-refractivity contribution in [3.63, 3.8) is 0 Å². The predicted octanol–water partition coefficient (Wildman–Crippen LogP) is 6.38. The van der Waals surface area contributed by atoms with Crippen molar-refractivity contribution < 1.29 is 18.0 Å². The van der Waals surface area contributed by atoms with Crippen molar-refractivity contribution in [2.75, 3.05) is 10.6 Å². The molecule has 0 radical (unpaired) electrons. The molecule has 3 aromatic rings. The Balaban J connectivity index is 1.62. The molecule has 158 valence electrons. The lowest BCUT2D eigenvalue weighted by Crippen LogP contribution is -2.22. The van der Waals surface area contributed by atoms with Crippen molar-refractivity contribution in [2.45, 2.75) is 29.6 Å². The van der Waals surface area contributed by atoms with Gasteiger partial charge in [0.15, 0.2) is 4.34 Å². The number of carbonyl (C=O) groups is 1. The molecule has 2 N–H and O–H groups in total. The third-order valence-electron chi connectivity index (χ3n) is 3.91. The normalized spacial score (nSPS) is 12.5. The number of benzene rings is 2. The Labute approximate surface area is 184 Å². The average Bonchev–Trinajstić information content (AvgIpc) is 3.11. The van der Waals surface area contributed by atoms with E-state index in [0.717, 1.165) is 41.2 Å². The van der Waals surface area contributed by atoms with E-state index in [9.17, 15) is 18.0 Å². The minimum atomic E-state index is -4.53. The fraction of sp³-hybridized carbons (Fsp3) is 0.211. The Morgan fingerprint density at radius 3 is 2.53 bits per heavy atom. The van der Waals surface area contributed by atoms with Crippen LogP contribution in [0.4, 0.5) is 29.7 Å². The van der Waals surface area contributed by atoms with Crippen LogP contribution in [-0.2, 0) is 11.0 Å². The Morgan fingerprint density at radius 1 is 1.17 bits per heavy atom. The smallest absolute Gasteiger partial charge is 0.330 e. The second kappa shape index (κ2) is 9.23. The van der Waals surface area contributed by atoms with Gasteiger partial charge in [0.25, 0.3) is 0 Å². The van der Waals surface area contributed by atoms with Crippen molar-refractivity contribution in [3.05, 3.63) is 58.6 Å². The number of hydrogen-bond donors (Lipinski definition) is 2. The Hall–Kier alpha value is -2.30. The third-order valence-corrected chi connectivity index (χ3v) is 6.26. The monoisotopic (exact) mass is 472 g/mol. The van der Waals surface area contributed by atoms with Gasteiger partial charge < -0.3 is 10.6 Å². The first kappa shape index (κ1) is 22.4. The van der Waals surface area contributed by atoms with E-state index in [0.29, 0.717) is 9.47 Å². The first-order chi connectivity index (χ1) is 14.1. The molecule has 0 saturated carbocycles. The lowest BCUT2D eigenvalue weighted by molar-refractivity contribution is -0.137. The van der Waals surface area contributed by atoms with Crippen molar-refractivity contribution >= 4 is 57.1 Å². The molecular formula is C19H16ClF3N4OS2. The van der Waals surface area contributed by atoms with Crippen LogP contribution in [0.25, 0.3) is 0 Å². The SMILES string of the molecule is Cc1ccc(Nc2nnc(SC(C)C(=O)Nc3cc(C(F)(F)F)ccc3Cl)s2)cc1. The molecule has 2 aromatic carbocycles. The van der Waals surface area contributed by atoms with Crippen LogP contribution >= 0.6 is 34.7 Å². The molecule has 0 bridgehead atoms. The lowest BCUT2D eigenvalue weighted by Gasteiger charge is -2.14. The second-order valence-electron chi connectivity index (χ2n) is 6.31. The summed E-state index contributed by atoms with van der Waals surface area (Å²) in [5.41, 5.74) is 1.01. The van der Waals surface area contributed by atoms with Crippen LogP contribution in [0.3, 0.4) is 0 Å². The van der Waals surface area contributed by atoms with Crippen LogP contribution in [0.2, 0.25) is 5.02 Å². The number of thioether (sulfide) groups is 1. The molecule has 0 aliphatic rings. The number of hydrogen-bond acceptors (Lipinski definition) is 6. The van der Waals surface area contributed by atoms with Crippen LogP contribution in [0.5, 0.6) is 0 Å². The topological polar surface area (TPSA) is 66.9 Å². The fourth-order valence-electron chi connectivity index (χ4n) is 2.30. The third kappa shape index (κ3) is 5.87. The number of aromatic nitrogens is 2. The molecule has 1 atom stereocenters. The van der Waals surface area contributed by atoms with Gasteiger partial charge in [-0.1, -0.05) is 52.4 Å². The van der Waals surface area contributed by atoms with Crippen LogP contribution in [-0.4, -0.2) is 21.4 Å². The van der Waals surface area contributed by atoms with E-state index in [1.807, 2.05) is 31.2 Å². The zero-order valence-corrected chi connectivity index (χ0v) is 18.1. The lowest BCUT2D eigenvalue weighted by atomic mass is 10.2. The summed E-state index contributed by atoms with van der Waals surface area (Å²) in [4.78, 5) is 12.4. The van der Waals surface area contributed by atoms with Crippen LogP contribution in [0, 0.1) is 6.92 Å². The average molecular weight is 473 g/mol. The molecule has 1 aromatic heterocycles. The van der Waals surface area contributed by atoms with Gasteiger partial charge in [0, 0.05) is 5.69 Å². The predicted molar refractivity (Wildman–Crippen MR) is 115 cm³/mol. The molecule has 1 amide bonds. The number of anilines is 3. The Morgan fingerprint density at radius 2 is 1.87 bits per heavy atom. The number of nitrogens with zero attached hydrogens (tertiary/aromatic N) is 2. The van der Waals surface area contributed by atoms with E-state index in [1.54, 1.807) is 6.92 Å². The molecule has 0 spiro atoms. The second-order valence-corrected chi connectivity index (χ2v) is 9.28. The molecule has 0 aliphatic heterocycles. The van der Waals surface area contributed by atoms with E-state index >= 15 is 0 Å². The summed E-state index contributed by atoms with van der Waals surface area (Å²) < 4.78 is 39.2. The van der Waals surface area contributed by atoms with Crippen LogP contribution in [0.15, 0.2) is 46.8 Å². The van der Waals surface area contributed by atoms with Gasteiger partial charge in [-0.25, -0.2) is 0 Å². The summed E-state index contributed by atoms with van der Waals surface area (Å²) in [7, 11) is 0. The van der Waals surface area contributed by atoms with Crippen molar-refractivity contribution in [2.24, 2.45) is 0 Å². The number of aryl methyl sites for hydroxylation is 1. The van der Waals surface area contributed by atoms with Crippen LogP contribution in [0.1, 0.15) is 18.1 Å². The molecule has 30 heavy (non-hydrogen) atoms. The van der Waals surface area contributed by atoms with E-state index in [1.165, 1.54) is 11.3 Å². The molecule has 3 rings (SSSR count). The maximum Gasteiger partial charge on any atom is 0.416 e. The number of rotatable bonds is 6. The van der Waals surface area contributed by atoms with Gasteiger partial charge in [-0.05, 0) is 44.2 Å². The van der Waals surface area contributed by atoms with E-state index in [-0.39, 0.29) is 10.7 Å². The number of nitrogens with one attached hydrogen (secondary N) is 2. The van der Waals surface area contributed by atoms with Gasteiger partial charge in [0.1, 0.15) is 0 Å². The van der Waals surface area contributed by atoms with Crippen molar-refractivity contribution in [1.82, 2.24) is 10.2 Å². The Bertz CT molecular complexity index is 1040. The molecule has 1 unspecified atom stereocenters. The molecule has 0 aliphatic carbocycles. The van der Waals surface area contributed by atoms with Crippen LogP contribution < -0.4 is 10.6 Å². The summed E-state index contributed by atoms with van der Waals surface area (Å²) >= 11 is 8.34. The minimum absolute atomic E-state index is 0.0223. The maximum absolute atomic E-state index is 12.9. The first-order valence-corrected chi connectivity index (χ1v) is 10.7. The zero-order chi connectivity index (χ0) is 21.9. The van der Waals surface area contributed by atoms with Gasteiger partial charge in [0.05, 0.1) is 21.5 Å². The summed E-state index contributed by atoms with van der Waals surface area (Å²) in [5, 5.41) is 13.6. The van der Waals surface area contributed by atoms with Gasteiger partial charge in [-0.3, -0.25) is 4.79 Å². The quantitative estimate of drug-likeness (QED) is 0.407. The highest BCUT2D eigenvalue weighted by atomic mass is 35.5. The maximum atomic E-state index is 12.9. The first-order valence-electron chi connectivity index (χ1n) is 8.63. The van der Waals surface area contributed by atoms with Gasteiger partial charge in [-0.2, -0.15) is 13.2 Å². The van der Waals surface area contributed by atoms with E-state index in [2.05, 4.69) is 20.8 Å². The Kier molecular flexibility index (Phi) is 6.89. The van der Waals surface area contributed by atoms with Gasteiger partial charge in [0.2, 0.25) is 11.0 Å². The van der Waals surface area contributed by atoms with Crippen molar-refractivity contribution in [1.29, 1.82) is 0 Å². The van der Waals surface area contributed by atoms with E-state index < -0.39 is 22.9 Å². The highest BCUT2D eigenvalue weighted by Gasteiger charge is 2.31. The highest BCUT2D eigenvalue weighted by Crippen LogP contribution is 2.35. The molecule has 0 saturated heterocycles. The van der Waals surface area contributed by atoms with Crippen molar-refractivity contribution in [3.8, 4) is 0 Å². The summed E-state index contributed by atoms with van der Waals surface area (Å²) in [5.74, 6) is -0.496. The van der Waals surface area contributed by atoms with Gasteiger partial charge >= 0.3 is 6.18 Å². The summed E-state index contributed by atoms with van der Waals surface area (Å²) in [6.07, 6.45) is -4.53. The molecule has 0 fully saturated rings. The number of amides is 1. The number of halogens is 4. The highest BCUT2D eigenvalue weighted by molar-refractivity contribution is 8.02. The molecular weight excluding hydrogens is 457 g/mol. The van der Waals surface area contributed by atoms with E-state index in [4.69, 9.17) is 11.6 Å². The summed E-state index contributed by atoms with van der Waals surface area (Å²) in [6, 6.07) is 10.5. The molecule has 11 heteroatoms. The fourth-order valence-corrected chi connectivity index (χ4v) is 4.39.